The van der Waals surface area contributed by atoms with E-state index in [4.69, 9.17) is 28.9 Å². The second-order valence-electron chi connectivity index (χ2n) is 6.16. The summed E-state index contributed by atoms with van der Waals surface area (Å²) in [7, 11) is 0. The maximum atomic E-state index is 10.2. The first kappa shape index (κ1) is 19.7. The largest absolute Gasteiger partial charge is 0.396 e. The SMILES string of the molecule is Nc1nc(Cl)c(N=Nc2ccc(Cl)cc2)c(N[C@@H]2C[C@H](CO)[C@@H](O)[C@H]2O)n1. The second kappa shape index (κ2) is 8.32. The number of nitrogens with zero attached hydrogens (tertiary/aromatic N) is 4. The summed E-state index contributed by atoms with van der Waals surface area (Å²) in [5.41, 5.74) is 6.33. The van der Waals surface area contributed by atoms with E-state index in [-0.39, 0.29) is 29.2 Å². The van der Waals surface area contributed by atoms with Crippen LogP contribution < -0.4 is 11.1 Å². The highest BCUT2D eigenvalue weighted by Gasteiger charge is 2.41. The number of nitrogen functional groups attached to an aromatic ring is 1. The fourth-order valence-corrected chi connectivity index (χ4v) is 3.21. The lowest BCUT2D eigenvalue weighted by Crippen LogP contribution is -2.35. The molecule has 0 bridgehead atoms. The number of aliphatic hydroxyl groups is 3. The summed E-state index contributed by atoms with van der Waals surface area (Å²) >= 11 is 12.0. The number of hydrogen-bond acceptors (Lipinski definition) is 9. The van der Waals surface area contributed by atoms with E-state index in [2.05, 4.69) is 25.5 Å². The van der Waals surface area contributed by atoms with E-state index in [0.717, 1.165) is 0 Å². The molecule has 9 nitrogen and oxygen atoms in total. The van der Waals surface area contributed by atoms with Crippen LogP contribution >= 0.6 is 23.2 Å². The van der Waals surface area contributed by atoms with Crippen molar-refractivity contribution in [1.82, 2.24) is 9.97 Å². The van der Waals surface area contributed by atoms with Crippen molar-refractivity contribution in [3.8, 4) is 0 Å². The van der Waals surface area contributed by atoms with Gasteiger partial charge in [-0.15, -0.1) is 5.11 Å². The quantitative estimate of drug-likeness (QED) is 0.373. The van der Waals surface area contributed by atoms with Gasteiger partial charge in [-0.05, 0) is 30.7 Å². The molecule has 0 amide bonds. The highest BCUT2D eigenvalue weighted by molar-refractivity contribution is 6.32. The Morgan fingerprint density at radius 1 is 1.11 bits per heavy atom. The number of nitrogens with one attached hydrogen (secondary N) is 1. The van der Waals surface area contributed by atoms with E-state index in [1.165, 1.54) is 0 Å². The molecule has 144 valence electrons. The maximum absolute atomic E-state index is 10.2. The Labute approximate surface area is 164 Å². The molecule has 1 aromatic carbocycles. The first-order valence-corrected chi connectivity index (χ1v) is 8.88. The van der Waals surface area contributed by atoms with Gasteiger partial charge in [-0.1, -0.05) is 23.2 Å². The number of azo groups is 1. The summed E-state index contributed by atoms with van der Waals surface area (Å²) in [5.74, 6) is -0.369. The molecule has 0 spiro atoms. The summed E-state index contributed by atoms with van der Waals surface area (Å²) in [4.78, 5) is 7.94. The Hall–Kier alpha value is -2.04. The van der Waals surface area contributed by atoms with Gasteiger partial charge in [0.1, 0.15) is 6.10 Å². The van der Waals surface area contributed by atoms with Crippen LogP contribution in [0.15, 0.2) is 34.5 Å². The normalized spacial score (nSPS) is 25.2. The van der Waals surface area contributed by atoms with Crippen LogP contribution in [-0.2, 0) is 0 Å². The molecule has 1 aromatic heterocycles. The Morgan fingerprint density at radius 2 is 1.81 bits per heavy atom. The number of rotatable bonds is 5. The van der Waals surface area contributed by atoms with Crippen molar-refractivity contribution in [2.24, 2.45) is 16.1 Å². The molecule has 0 unspecified atom stereocenters. The van der Waals surface area contributed by atoms with Gasteiger partial charge in [0.25, 0.3) is 0 Å². The Balaban J connectivity index is 1.88. The first-order valence-electron chi connectivity index (χ1n) is 8.13. The molecule has 1 saturated carbocycles. The van der Waals surface area contributed by atoms with Crippen LogP contribution in [0.3, 0.4) is 0 Å². The molecule has 0 aliphatic heterocycles. The van der Waals surface area contributed by atoms with Crippen LogP contribution in [-0.4, -0.2) is 50.1 Å². The zero-order chi connectivity index (χ0) is 19.6. The number of benzene rings is 1. The fourth-order valence-electron chi connectivity index (χ4n) is 2.87. The van der Waals surface area contributed by atoms with Crippen molar-refractivity contribution in [3.05, 3.63) is 34.4 Å². The minimum atomic E-state index is -1.10. The van der Waals surface area contributed by atoms with E-state index in [1.807, 2.05) is 0 Å². The number of aliphatic hydroxyl groups excluding tert-OH is 3. The van der Waals surface area contributed by atoms with Crippen molar-refractivity contribution in [2.45, 2.75) is 24.7 Å². The Bertz CT molecular complexity index is 836. The van der Waals surface area contributed by atoms with Gasteiger partial charge >= 0.3 is 0 Å². The molecule has 0 saturated heterocycles. The van der Waals surface area contributed by atoms with Crippen molar-refractivity contribution < 1.29 is 15.3 Å². The van der Waals surface area contributed by atoms with Crippen LogP contribution in [0, 0.1) is 5.92 Å². The van der Waals surface area contributed by atoms with Gasteiger partial charge in [0.15, 0.2) is 16.7 Å². The monoisotopic (exact) mass is 412 g/mol. The molecule has 1 aliphatic rings. The molecule has 1 aliphatic carbocycles. The van der Waals surface area contributed by atoms with Gasteiger partial charge in [-0.3, -0.25) is 0 Å². The number of anilines is 2. The molecule has 3 rings (SSSR count). The second-order valence-corrected chi connectivity index (χ2v) is 6.95. The average Bonchev–Trinajstić information content (AvgIpc) is 2.90. The average molecular weight is 413 g/mol. The van der Waals surface area contributed by atoms with Crippen LogP contribution in [0.2, 0.25) is 10.2 Å². The lowest BCUT2D eigenvalue weighted by molar-refractivity contribution is 0.00446. The topological polar surface area (TPSA) is 149 Å². The van der Waals surface area contributed by atoms with Crippen molar-refractivity contribution >= 4 is 46.3 Å². The number of halogens is 2. The summed E-state index contributed by atoms with van der Waals surface area (Å²) in [6.45, 7) is -0.244. The molecule has 0 radical (unpaired) electrons. The van der Waals surface area contributed by atoms with E-state index in [1.54, 1.807) is 24.3 Å². The van der Waals surface area contributed by atoms with Gasteiger partial charge in [-0.2, -0.15) is 15.1 Å². The van der Waals surface area contributed by atoms with Gasteiger partial charge in [0.2, 0.25) is 5.95 Å². The summed E-state index contributed by atoms with van der Waals surface area (Å²) in [6, 6.07) is 6.11. The lowest BCUT2D eigenvalue weighted by atomic mass is 10.1. The number of nitrogens with two attached hydrogens (primary N) is 1. The molecule has 11 heteroatoms. The third-order valence-corrected chi connectivity index (χ3v) is 4.82. The first-order chi connectivity index (χ1) is 12.9. The minimum Gasteiger partial charge on any atom is -0.396 e. The number of hydrogen-bond donors (Lipinski definition) is 5. The lowest BCUT2D eigenvalue weighted by Gasteiger charge is -2.19. The highest BCUT2D eigenvalue weighted by atomic mass is 35.5. The number of aromatic nitrogens is 2. The van der Waals surface area contributed by atoms with Gasteiger partial charge in [-0.25, -0.2) is 0 Å². The van der Waals surface area contributed by atoms with E-state index < -0.39 is 24.2 Å². The Kier molecular flexibility index (Phi) is 6.08. The molecule has 27 heavy (non-hydrogen) atoms. The molecular formula is C16H18Cl2N6O3. The molecular weight excluding hydrogens is 395 g/mol. The molecule has 1 heterocycles. The maximum Gasteiger partial charge on any atom is 0.223 e. The summed E-state index contributed by atoms with van der Waals surface area (Å²) in [5, 5.41) is 41.1. The van der Waals surface area contributed by atoms with Gasteiger partial charge < -0.3 is 26.4 Å². The van der Waals surface area contributed by atoms with Crippen LogP contribution in [0.1, 0.15) is 6.42 Å². The van der Waals surface area contributed by atoms with E-state index >= 15 is 0 Å². The minimum absolute atomic E-state index is 0.0190. The predicted octanol–water partition coefficient (Wildman–Crippen LogP) is 2.30. The van der Waals surface area contributed by atoms with Crippen LogP contribution in [0.25, 0.3) is 0 Å². The molecule has 2 aromatic rings. The molecule has 4 atom stereocenters. The fraction of sp³-hybridized carbons (Fsp3) is 0.375. The summed E-state index contributed by atoms with van der Waals surface area (Å²) < 4.78 is 0. The van der Waals surface area contributed by atoms with Crippen molar-refractivity contribution in [3.63, 3.8) is 0 Å². The van der Waals surface area contributed by atoms with Crippen molar-refractivity contribution in [1.29, 1.82) is 0 Å². The van der Waals surface area contributed by atoms with Gasteiger partial charge in [0, 0.05) is 17.5 Å². The third kappa shape index (κ3) is 4.45. The predicted molar refractivity (Wildman–Crippen MR) is 102 cm³/mol. The van der Waals surface area contributed by atoms with Crippen LogP contribution in [0.5, 0.6) is 0 Å². The third-order valence-electron chi connectivity index (χ3n) is 4.31. The van der Waals surface area contributed by atoms with Crippen LogP contribution in [0.4, 0.5) is 23.1 Å². The van der Waals surface area contributed by atoms with Crippen molar-refractivity contribution in [2.75, 3.05) is 17.7 Å². The zero-order valence-electron chi connectivity index (χ0n) is 14.0. The molecule has 1 fully saturated rings. The van der Waals surface area contributed by atoms with Gasteiger partial charge in [0.05, 0.1) is 17.8 Å². The Morgan fingerprint density at radius 3 is 2.44 bits per heavy atom. The van der Waals surface area contributed by atoms with E-state index in [0.29, 0.717) is 17.1 Å². The zero-order valence-corrected chi connectivity index (χ0v) is 15.5. The van der Waals surface area contributed by atoms with E-state index in [9.17, 15) is 15.3 Å². The molecule has 6 N–H and O–H groups in total. The highest BCUT2D eigenvalue weighted by Crippen LogP contribution is 2.36. The standard InChI is InChI=1S/C16H18Cl2N6O3/c17-8-1-3-9(4-2-8)23-24-11-14(18)21-16(19)22-15(11)20-10-5-7(6-25)12(26)13(10)27/h1-4,7,10,12-13,25-27H,5-6H2,(H3,19,20,21,22)/t7-,10-,12-,13+/m1/s1. The smallest absolute Gasteiger partial charge is 0.223 e. The summed E-state index contributed by atoms with van der Waals surface area (Å²) in [6.07, 6.45) is -1.83.